The summed E-state index contributed by atoms with van der Waals surface area (Å²) in [5.74, 6) is -2.10. The van der Waals surface area contributed by atoms with Gasteiger partial charge in [0.15, 0.2) is 0 Å². The standard InChI is InChI=1S/C23H20O5/c24-22(25)20-12-11-18(15-21(20)23(26)27)28-14-13-19(16-7-3-1-4-8-16)17-9-5-2-6-10-17/h1-12,15,19H,13-14H2,(H,24,25)(H,26,27). The van der Waals surface area contributed by atoms with Crippen LogP contribution in [0.4, 0.5) is 0 Å². The van der Waals surface area contributed by atoms with E-state index >= 15 is 0 Å². The maximum absolute atomic E-state index is 11.3. The van der Waals surface area contributed by atoms with Crippen molar-refractivity contribution >= 4 is 11.9 Å². The Morgan fingerprint density at radius 1 is 0.750 bits per heavy atom. The molecule has 3 aromatic carbocycles. The van der Waals surface area contributed by atoms with Gasteiger partial charge in [-0.2, -0.15) is 0 Å². The highest BCUT2D eigenvalue weighted by Crippen LogP contribution is 2.28. The smallest absolute Gasteiger partial charge is 0.336 e. The Morgan fingerprint density at radius 2 is 1.29 bits per heavy atom. The van der Waals surface area contributed by atoms with Gasteiger partial charge in [0, 0.05) is 5.92 Å². The minimum absolute atomic E-state index is 0.139. The second kappa shape index (κ2) is 8.86. The molecule has 5 heteroatoms. The molecule has 0 aliphatic rings. The molecule has 0 spiro atoms. The highest BCUT2D eigenvalue weighted by molar-refractivity contribution is 6.01. The molecule has 3 aromatic rings. The molecule has 3 rings (SSSR count). The molecule has 0 saturated carbocycles. The molecule has 0 heterocycles. The zero-order chi connectivity index (χ0) is 19.9. The van der Waals surface area contributed by atoms with E-state index in [1.165, 1.54) is 29.3 Å². The maximum atomic E-state index is 11.3. The first-order valence-electron chi connectivity index (χ1n) is 8.89. The molecule has 0 aliphatic heterocycles. The van der Waals surface area contributed by atoms with Crippen molar-refractivity contribution in [2.24, 2.45) is 0 Å². The van der Waals surface area contributed by atoms with Crippen LogP contribution < -0.4 is 4.74 Å². The zero-order valence-corrected chi connectivity index (χ0v) is 15.1. The van der Waals surface area contributed by atoms with E-state index in [1.54, 1.807) is 0 Å². The second-order valence-electron chi connectivity index (χ2n) is 6.33. The lowest BCUT2D eigenvalue weighted by atomic mass is 9.89. The quantitative estimate of drug-likeness (QED) is 0.596. The third-order valence-corrected chi connectivity index (χ3v) is 4.53. The van der Waals surface area contributed by atoms with E-state index in [2.05, 4.69) is 24.3 Å². The van der Waals surface area contributed by atoms with Crippen molar-refractivity contribution in [3.05, 3.63) is 101 Å². The Balaban J connectivity index is 1.75. The van der Waals surface area contributed by atoms with Gasteiger partial charge in [0.2, 0.25) is 0 Å². The first-order chi connectivity index (χ1) is 13.6. The number of carbonyl (C=O) groups is 2. The molecular weight excluding hydrogens is 356 g/mol. The van der Waals surface area contributed by atoms with Gasteiger partial charge in [0.05, 0.1) is 17.7 Å². The number of rotatable bonds is 8. The number of hydrogen-bond donors (Lipinski definition) is 2. The van der Waals surface area contributed by atoms with Crippen molar-refractivity contribution in [3.8, 4) is 5.75 Å². The Hall–Kier alpha value is -3.60. The minimum atomic E-state index is -1.30. The van der Waals surface area contributed by atoms with Crippen LogP contribution in [0.5, 0.6) is 5.75 Å². The molecule has 0 atom stereocenters. The molecule has 142 valence electrons. The van der Waals surface area contributed by atoms with E-state index in [1.807, 2.05) is 36.4 Å². The van der Waals surface area contributed by atoms with Gasteiger partial charge in [-0.1, -0.05) is 60.7 Å². The number of aromatic carboxylic acids is 2. The minimum Gasteiger partial charge on any atom is -0.494 e. The third-order valence-electron chi connectivity index (χ3n) is 4.53. The maximum Gasteiger partial charge on any atom is 0.336 e. The Bertz CT molecular complexity index is 912. The van der Waals surface area contributed by atoms with Gasteiger partial charge < -0.3 is 14.9 Å². The number of benzene rings is 3. The third kappa shape index (κ3) is 4.57. The monoisotopic (exact) mass is 376 g/mol. The zero-order valence-electron chi connectivity index (χ0n) is 15.1. The van der Waals surface area contributed by atoms with Crippen LogP contribution in [0.1, 0.15) is 44.2 Å². The molecule has 0 fully saturated rings. The summed E-state index contributed by atoms with van der Waals surface area (Å²) in [5, 5.41) is 18.3. The Kier molecular flexibility index (Phi) is 6.07. The summed E-state index contributed by atoms with van der Waals surface area (Å²) in [6.07, 6.45) is 0.692. The summed E-state index contributed by atoms with van der Waals surface area (Å²) in [6, 6.07) is 24.2. The molecule has 0 saturated heterocycles. The van der Waals surface area contributed by atoms with Gasteiger partial charge in [-0.05, 0) is 35.7 Å². The first kappa shape index (κ1) is 19.2. The molecule has 0 unspecified atom stereocenters. The lowest BCUT2D eigenvalue weighted by Crippen LogP contribution is -2.10. The predicted octanol–water partition coefficient (Wildman–Crippen LogP) is 4.68. The number of carboxylic acid groups (broad SMARTS) is 2. The highest BCUT2D eigenvalue weighted by atomic mass is 16.5. The van der Waals surface area contributed by atoms with Gasteiger partial charge in [0.25, 0.3) is 0 Å². The van der Waals surface area contributed by atoms with Crippen molar-refractivity contribution in [1.29, 1.82) is 0 Å². The Morgan fingerprint density at radius 3 is 1.79 bits per heavy atom. The van der Waals surface area contributed by atoms with E-state index in [0.29, 0.717) is 18.8 Å². The molecule has 0 aromatic heterocycles. The van der Waals surface area contributed by atoms with Crippen LogP contribution in [-0.2, 0) is 0 Å². The predicted molar refractivity (Wildman–Crippen MR) is 105 cm³/mol. The number of ether oxygens (including phenoxy) is 1. The van der Waals surface area contributed by atoms with Gasteiger partial charge in [-0.3, -0.25) is 0 Å². The van der Waals surface area contributed by atoms with Gasteiger partial charge in [-0.25, -0.2) is 9.59 Å². The van der Waals surface area contributed by atoms with Crippen molar-refractivity contribution in [1.82, 2.24) is 0 Å². The van der Waals surface area contributed by atoms with Crippen molar-refractivity contribution in [2.45, 2.75) is 12.3 Å². The molecule has 0 bridgehead atoms. The van der Waals surface area contributed by atoms with Crippen LogP contribution in [0.25, 0.3) is 0 Å². The summed E-state index contributed by atoms with van der Waals surface area (Å²) in [5.41, 5.74) is 1.80. The first-order valence-corrected chi connectivity index (χ1v) is 8.89. The molecule has 5 nitrogen and oxygen atoms in total. The summed E-state index contributed by atoms with van der Waals surface area (Å²) < 4.78 is 5.75. The van der Waals surface area contributed by atoms with Crippen molar-refractivity contribution in [3.63, 3.8) is 0 Å². The molecule has 0 amide bonds. The van der Waals surface area contributed by atoms with E-state index < -0.39 is 11.9 Å². The van der Waals surface area contributed by atoms with Crippen LogP contribution in [0, 0.1) is 0 Å². The number of carboxylic acids is 2. The molecule has 0 aliphatic carbocycles. The van der Waals surface area contributed by atoms with Crippen molar-refractivity contribution < 1.29 is 24.5 Å². The number of hydrogen-bond acceptors (Lipinski definition) is 3. The van der Waals surface area contributed by atoms with Crippen LogP contribution in [0.2, 0.25) is 0 Å². The average Bonchev–Trinajstić information content (AvgIpc) is 2.72. The fourth-order valence-corrected chi connectivity index (χ4v) is 3.17. The molecule has 2 N–H and O–H groups in total. The Labute approximate surface area is 162 Å². The fraction of sp³-hybridized carbons (Fsp3) is 0.130. The topological polar surface area (TPSA) is 83.8 Å². The van der Waals surface area contributed by atoms with Crippen LogP contribution >= 0.6 is 0 Å². The summed E-state index contributed by atoms with van der Waals surface area (Å²) in [6.45, 7) is 0.361. The summed E-state index contributed by atoms with van der Waals surface area (Å²) in [7, 11) is 0. The van der Waals surface area contributed by atoms with Gasteiger partial charge in [0.1, 0.15) is 5.75 Å². The summed E-state index contributed by atoms with van der Waals surface area (Å²) in [4.78, 5) is 22.5. The van der Waals surface area contributed by atoms with E-state index in [9.17, 15) is 14.7 Å². The molecular formula is C23H20O5. The molecule has 28 heavy (non-hydrogen) atoms. The normalized spacial score (nSPS) is 10.6. The second-order valence-corrected chi connectivity index (χ2v) is 6.33. The van der Waals surface area contributed by atoms with Crippen molar-refractivity contribution in [2.75, 3.05) is 6.61 Å². The van der Waals surface area contributed by atoms with Gasteiger partial charge in [-0.15, -0.1) is 0 Å². The van der Waals surface area contributed by atoms with E-state index in [-0.39, 0.29) is 17.0 Å². The average molecular weight is 376 g/mol. The SMILES string of the molecule is O=C(O)c1ccc(OCCC(c2ccccc2)c2ccccc2)cc1C(=O)O. The van der Waals surface area contributed by atoms with Crippen LogP contribution in [0.15, 0.2) is 78.9 Å². The fourth-order valence-electron chi connectivity index (χ4n) is 3.17. The lowest BCUT2D eigenvalue weighted by Gasteiger charge is -2.18. The molecule has 0 radical (unpaired) electrons. The largest absolute Gasteiger partial charge is 0.494 e. The summed E-state index contributed by atoms with van der Waals surface area (Å²) >= 11 is 0. The lowest BCUT2D eigenvalue weighted by molar-refractivity contribution is 0.0651. The highest BCUT2D eigenvalue weighted by Gasteiger charge is 2.18. The van der Waals surface area contributed by atoms with Gasteiger partial charge >= 0.3 is 11.9 Å². The van der Waals surface area contributed by atoms with E-state index in [0.717, 1.165) is 0 Å². The van der Waals surface area contributed by atoms with Crippen LogP contribution in [0.3, 0.4) is 0 Å². The van der Waals surface area contributed by atoms with Crippen LogP contribution in [-0.4, -0.2) is 28.8 Å². The van der Waals surface area contributed by atoms with E-state index in [4.69, 9.17) is 9.84 Å².